The van der Waals surface area contributed by atoms with E-state index in [9.17, 15) is 18.0 Å². The van der Waals surface area contributed by atoms with Crippen LogP contribution >= 0.6 is 0 Å². The summed E-state index contributed by atoms with van der Waals surface area (Å²) < 4.78 is 37.9. The van der Waals surface area contributed by atoms with Gasteiger partial charge < -0.3 is 10.0 Å². The van der Waals surface area contributed by atoms with Gasteiger partial charge in [-0.1, -0.05) is 0 Å². The van der Waals surface area contributed by atoms with Crippen LogP contribution in [-0.2, 0) is 17.4 Å². The summed E-state index contributed by atoms with van der Waals surface area (Å²) in [4.78, 5) is 12.2. The van der Waals surface area contributed by atoms with Gasteiger partial charge in [-0.05, 0) is 23.8 Å². The van der Waals surface area contributed by atoms with Crippen LogP contribution in [0.15, 0.2) is 18.2 Å². The summed E-state index contributed by atoms with van der Waals surface area (Å²) in [5.74, 6) is -1.29. The van der Waals surface area contributed by atoms with E-state index in [1.807, 2.05) is 0 Å². The molecular weight excluding hydrogens is 235 g/mol. The number of alkyl halides is 3. The molecule has 0 aliphatic heterocycles. The molecule has 1 rings (SSSR count). The molecule has 0 aliphatic carbocycles. The van der Waals surface area contributed by atoms with Crippen molar-refractivity contribution in [1.29, 1.82) is 0 Å². The van der Waals surface area contributed by atoms with Crippen LogP contribution in [0.5, 0.6) is 0 Å². The minimum Gasteiger partial charge on any atom is -0.481 e. The van der Waals surface area contributed by atoms with Crippen molar-refractivity contribution < 1.29 is 23.1 Å². The number of nitrogens with zero attached hydrogens (tertiary/aromatic N) is 1. The zero-order valence-electron chi connectivity index (χ0n) is 9.38. The lowest BCUT2D eigenvalue weighted by Gasteiger charge is -2.17. The number of benzene rings is 1. The smallest absolute Gasteiger partial charge is 0.416 e. The van der Waals surface area contributed by atoms with Gasteiger partial charge in [0.15, 0.2) is 0 Å². The second-order valence-corrected chi connectivity index (χ2v) is 3.80. The van der Waals surface area contributed by atoms with E-state index in [0.717, 1.165) is 6.07 Å². The van der Waals surface area contributed by atoms with Crippen LogP contribution in [0.1, 0.15) is 11.1 Å². The molecule has 1 N–H and O–H groups in total. The first-order valence-corrected chi connectivity index (χ1v) is 4.81. The first-order valence-electron chi connectivity index (χ1n) is 4.81. The fourth-order valence-corrected chi connectivity index (χ4v) is 1.44. The zero-order chi connectivity index (χ0) is 13.2. The van der Waals surface area contributed by atoms with E-state index in [4.69, 9.17) is 5.11 Å². The van der Waals surface area contributed by atoms with Crippen molar-refractivity contribution in [3.8, 4) is 0 Å². The number of carboxylic acid groups (broad SMARTS) is 1. The standard InChI is InChI=1S/C11H12F3NO2/c1-15(2)8-3-4-9(11(12,13)14)7(5-8)6-10(16)17/h3-5H,6H2,1-2H3,(H,16,17). The lowest BCUT2D eigenvalue weighted by Crippen LogP contribution is -2.15. The summed E-state index contributed by atoms with van der Waals surface area (Å²) in [5, 5.41) is 8.61. The van der Waals surface area contributed by atoms with Gasteiger partial charge in [0, 0.05) is 19.8 Å². The predicted octanol–water partition coefficient (Wildman–Crippen LogP) is 2.40. The molecule has 17 heavy (non-hydrogen) atoms. The predicted molar refractivity (Wildman–Crippen MR) is 57.1 cm³/mol. The Morgan fingerprint density at radius 2 is 1.94 bits per heavy atom. The highest BCUT2D eigenvalue weighted by atomic mass is 19.4. The number of halogens is 3. The van der Waals surface area contributed by atoms with Crippen molar-refractivity contribution in [1.82, 2.24) is 0 Å². The normalized spacial score (nSPS) is 11.4. The number of carbonyl (C=O) groups is 1. The molecule has 0 atom stereocenters. The van der Waals surface area contributed by atoms with E-state index in [2.05, 4.69) is 0 Å². The van der Waals surface area contributed by atoms with Gasteiger partial charge in [-0.3, -0.25) is 4.79 Å². The Morgan fingerprint density at radius 3 is 2.35 bits per heavy atom. The molecule has 94 valence electrons. The third-order valence-electron chi connectivity index (χ3n) is 2.25. The minimum absolute atomic E-state index is 0.226. The van der Waals surface area contributed by atoms with Crippen LogP contribution in [0.3, 0.4) is 0 Å². The lowest BCUT2D eigenvalue weighted by atomic mass is 10.0. The van der Waals surface area contributed by atoms with Gasteiger partial charge in [0.1, 0.15) is 0 Å². The average Bonchev–Trinajstić information content (AvgIpc) is 2.14. The third-order valence-corrected chi connectivity index (χ3v) is 2.25. The van der Waals surface area contributed by atoms with Crippen molar-refractivity contribution in [2.24, 2.45) is 0 Å². The molecule has 1 aromatic carbocycles. The number of aliphatic carboxylic acids is 1. The monoisotopic (exact) mass is 247 g/mol. The molecule has 0 saturated heterocycles. The highest BCUT2D eigenvalue weighted by Gasteiger charge is 2.33. The van der Waals surface area contributed by atoms with Crippen LogP contribution in [-0.4, -0.2) is 25.2 Å². The molecule has 1 aromatic rings. The molecule has 3 nitrogen and oxygen atoms in total. The molecule has 0 radical (unpaired) electrons. The minimum atomic E-state index is -4.53. The number of hydrogen-bond donors (Lipinski definition) is 1. The summed E-state index contributed by atoms with van der Waals surface area (Å²) in [6, 6.07) is 3.47. The number of anilines is 1. The molecule has 0 fully saturated rings. The quantitative estimate of drug-likeness (QED) is 0.891. The van der Waals surface area contributed by atoms with Gasteiger partial charge in [-0.25, -0.2) is 0 Å². The van der Waals surface area contributed by atoms with E-state index in [1.165, 1.54) is 12.1 Å². The van der Waals surface area contributed by atoms with Gasteiger partial charge in [0.25, 0.3) is 0 Å². The van der Waals surface area contributed by atoms with Gasteiger partial charge in [-0.2, -0.15) is 13.2 Å². The van der Waals surface area contributed by atoms with E-state index < -0.39 is 24.1 Å². The summed E-state index contributed by atoms with van der Waals surface area (Å²) in [7, 11) is 3.35. The Kier molecular flexibility index (Phi) is 3.65. The Labute approximate surface area is 96.5 Å². The third kappa shape index (κ3) is 3.37. The molecule has 0 amide bonds. The average molecular weight is 247 g/mol. The molecule has 0 unspecified atom stereocenters. The Morgan fingerprint density at radius 1 is 1.35 bits per heavy atom. The lowest BCUT2D eigenvalue weighted by molar-refractivity contribution is -0.139. The van der Waals surface area contributed by atoms with Crippen LogP contribution in [0, 0.1) is 0 Å². The first kappa shape index (κ1) is 13.3. The maximum Gasteiger partial charge on any atom is 0.416 e. The molecule has 6 heteroatoms. The van der Waals surface area contributed by atoms with Crippen molar-refractivity contribution in [2.75, 3.05) is 19.0 Å². The number of hydrogen-bond acceptors (Lipinski definition) is 2. The highest BCUT2D eigenvalue weighted by Crippen LogP contribution is 2.34. The van der Waals surface area contributed by atoms with Crippen LogP contribution in [0.4, 0.5) is 18.9 Å². The summed E-state index contributed by atoms with van der Waals surface area (Å²) in [6.07, 6.45) is -5.17. The topological polar surface area (TPSA) is 40.5 Å². The van der Waals surface area contributed by atoms with Gasteiger partial charge in [0.2, 0.25) is 0 Å². The Balaban J connectivity index is 3.26. The molecule has 0 aromatic heterocycles. The van der Waals surface area contributed by atoms with Crippen molar-refractivity contribution in [3.63, 3.8) is 0 Å². The molecule has 0 bridgehead atoms. The SMILES string of the molecule is CN(C)c1ccc(C(F)(F)F)c(CC(=O)O)c1. The second kappa shape index (κ2) is 4.65. The summed E-state index contributed by atoms with van der Waals surface area (Å²) >= 11 is 0. The largest absolute Gasteiger partial charge is 0.481 e. The highest BCUT2D eigenvalue weighted by molar-refractivity contribution is 5.71. The van der Waals surface area contributed by atoms with E-state index in [-0.39, 0.29) is 5.56 Å². The second-order valence-electron chi connectivity index (χ2n) is 3.80. The zero-order valence-corrected chi connectivity index (χ0v) is 9.38. The van der Waals surface area contributed by atoms with Crippen LogP contribution < -0.4 is 4.90 Å². The fourth-order valence-electron chi connectivity index (χ4n) is 1.44. The number of rotatable bonds is 3. The summed E-state index contributed by atoms with van der Waals surface area (Å²) in [6.45, 7) is 0. The molecule has 0 spiro atoms. The number of carboxylic acids is 1. The van der Waals surface area contributed by atoms with E-state index in [0.29, 0.717) is 5.69 Å². The summed E-state index contributed by atoms with van der Waals surface area (Å²) in [5.41, 5.74) is -0.587. The molecule has 0 aliphatic rings. The molecule has 0 heterocycles. The van der Waals surface area contributed by atoms with Gasteiger partial charge >= 0.3 is 12.1 Å². The van der Waals surface area contributed by atoms with E-state index in [1.54, 1.807) is 19.0 Å². The Hall–Kier alpha value is -1.72. The van der Waals surface area contributed by atoms with Crippen LogP contribution in [0.25, 0.3) is 0 Å². The maximum atomic E-state index is 12.6. The first-order chi connectivity index (χ1) is 7.71. The fraction of sp³-hybridized carbons (Fsp3) is 0.364. The van der Waals surface area contributed by atoms with Crippen molar-refractivity contribution in [2.45, 2.75) is 12.6 Å². The van der Waals surface area contributed by atoms with E-state index >= 15 is 0 Å². The maximum absolute atomic E-state index is 12.6. The molecule has 0 saturated carbocycles. The van der Waals surface area contributed by atoms with Gasteiger partial charge in [-0.15, -0.1) is 0 Å². The van der Waals surface area contributed by atoms with Crippen LogP contribution in [0.2, 0.25) is 0 Å². The molecular formula is C11H12F3NO2. The van der Waals surface area contributed by atoms with Crippen molar-refractivity contribution in [3.05, 3.63) is 29.3 Å². The Bertz CT molecular complexity index is 427. The van der Waals surface area contributed by atoms with Gasteiger partial charge in [0.05, 0.1) is 12.0 Å². The van der Waals surface area contributed by atoms with Crippen molar-refractivity contribution >= 4 is 11.7 Å².